The summed E-state index contributed by atoms with van der Waals surface area (Å²) in [6.07, 6.45) is 1.11. The van der Waals surface area contributed by atoms with Crippen molar-refractivity contribution in [3.63, 3.8) is 0 Å². The van der Waals surface area contributed by atoms with E-state index < -0.39 is 33.9 Å². The van der Waals surface area contributed by atoms with Crippen LogP contribution in [-0.4, -0.2) is 44.7 Å². The number of rotatable bonds is 5. The van der Waals surface area contributed by atoms with Crippen LogP contribution in [0.15, 0.2) is 40.8 Å². The Labute approximate surface area is 188 Å². The summed E-state index contributed by atoms with van der Waals surface area (Å²) in [5, 5.41) is 0.269. The molecule has 1 unspecified atom stereocenters. The molecule has 1 aromatic heterocycles. The van der Waals surface area contributed by atoms with E-state index in [0.717, 1.165) is 6.26 Å². The first-order valence-corrected chi connectivity index (χ1v) is 11.8. The molecule has 2 heterocycles. The second-order valence-corrected chi connectivity index (χ2v) is 9.58. The van der Waals surface area contributed by atoms with Crippen LogP contribution in [0.25, 0.3) is 22.3 Å². The van der Waals surface area contributed by atoms with Crippen LogP contribution in [0.1, 0.15) is 34.8 Å². The van der Waals surface area contributed by atoms with Crippen LogP contribution < -0.4 is 10.5 Å². The number of hydrogen-bond donors (Lipinski definition) is 1. The van der Waals surface area contributed by atoms with E-state index in [1.165, 1.54) is 41.7 Å². The summed E-state index contributed by atoms with van der Waals surface area (Å²) >= 11 is 0. The van der Waals surface area contributed by atoms with Crippen LogP contribution in [0.2, 0.25) is 0 Å². The Morgan fingerprint density at radius 2 is 1.91 bits per heavy atom. The molecule has 0 aliphatic carbocycles. The molecule has 1 atom stereocenters. The number of benzene rings is 2. The van der Waals surface area contributed by atoms with Crippen molar-refractivity contribution in [2.45, 2.75) is 18.9 Å². The van der Waals surface area contributed by atoms with Gasteiger partial charge in [-0.2, -0.15) is 4.31 Å². The summed E-state index contributed by atoms with van der Waals surface area (Å²) in [7, 11) is -2.05. The number of sulfonamides is 1. The molecule has 1 aliphatic heterocycles. The number of ether oxygens (including phenoxy) is 2. The Morgan fingerprint density at radius 3 is 2.52 bits per heavy atom. The van der Waals surface area contributed by atoms with Crippen molar-refractivity contribution in [1.82, 2.24) is 4.31 Å². The van der Waals surface area contributed by atoms with Gasteiger partial charge >= 0.3 is 12.1 Å². The molecular weight excluding hydrogens is 455 g/mol. The van der Waals surface area contributed by atoms with Crippen molar-refractivity contribution < 1.29 is 36.3 Å². The fraction of sp³-hybridized carbons (Fsp3) is 0.273. The number of amides is 1. The molecule has 0 spiro atoms. The van der Waals surface area contributed by atoms with E-state index in [2.05, 4.69) is 4.74 Å². The number of fused-ring (bicyclic) bond motifs is 1. The molecule has 2 N–H and O–H groups in total. The summed E-state index contributed by atoms with van der Waals surface area (Å²) < 4.78 is 55.4. The summed E-state index contributed by atoms with van der Waals surface area (Å²) in [5.41, 5.74) is 6.10. The number of nitrogens with zero attached hydrogens (tertiary/aromatic N) is 1. The molecule has 1 saturated heterocycles. The van der Waals surface area contributed by atoms with E-state index in [9.17, 15) is 22.4 Å². The molecule has 3 aromatic rings. The lowest BCUT2D eigenvalue weighted by Crippen LogP contribution is -2.29. The number of hydrogen-bond acceptors (Lipinski definition) is 7. The SMILES string of the molecule is COc1cc2c(C(=O)OC(N)=O)c(-c3ccc(F)cc3)oc2cc1C1CCCN1S(C)(=O)=O. The minimum Gasteiger partial charge on any atom is -0.496 e. The molecule has 2 aromatic carbocycles. The van der Waals surface area contributed by atoms with Gasteiger partial charge in [-0.15, -0.1) is 0 Å². The monoisotopic (exact) mass is 476 g/mol. The summed E-state index contributed by atoms with van der Waals surface area (Å²) in [5.74, 6) is -1.15. The molecule has 0 bridgehead atoms. The van der Waals surface area contributed by atoms with Gasteiger partial charge in [-0.1, -0.05) is 0 Å². The third-order valence-corrected chi connectivity index (χ3v) is 6.82. The predicted octanol–water partition coefficient (Wildman–Crippen LogP) is 3.58. The molecule has 11 heteroatoms. The van der Waals surface area contributed by atoms with Gasteiger partial charge in [0.05, 0.1) is 19.4 Å². The molecule has 9 nitrogen and oxygen atoms in total. The van der Waals surface area contributed by atoms with Gasteiger partial charge in [-0.25, -0.2) is 22.4 Å². The minimum atomic E-state index is -3.47. The lowest BCUT2D eigenvalue weighted by molar-refractivity contribution is 0.0640. The predicted molar refractivity (Wildman–Crippen MR) is 117 cm³/mol. The fourth-order valence-electron chi connectivity index (χ4n) is 4.17. The van der Waals surface area contributed by atoms with Crippen LogP contribution in [0, 0.1) is 5.82 Å². The Balaban J connectivity index is 1.94. The standard InChI is InChI=1S/C22H21FN2O7S/c1-30-17-11-15-18(10-14(17)16-4-3-9-25(16)33(2,28)29)31-20(12-5-7-13(23)8-6-12)19(15)21(26)32-22(24)27/h5-8,10-11,16H,3-4,9H2,1-2H3,(H2,24,27). The molecule has 1 amide bonds. The number of halogens is 1. The maximum atomic E-state index is 13.4. The lowest BCUT2D eigenvalue weighted by atomic mass is 10.00. The number of nitrogens with two attached hydrogens (primary N) is 1. The van der Waals surface area contributed by atoms with Gasteiger partial charge in [-0.05, 0) is 49.2 Å². The molecule has 0 radical (unpaired) electrons. The summed E-state index contributed by atoms with van der Waals surface area (Å²) in [6.45, 7) is 0.375. The Kier molecular flexibility index (Phi) is 5.85. The van der Waals surface area contributed by atoms with Crippen molar-refractivity contribution in [3.05, 3.63) is 53.3 Å². The first-order valence-electron chi connectivity index (χ1n) is 9.99. The Bertz CT molecular complexity index is 1350. The maximum absolute atomic E-state index is 13.4. The van der Waals surface area contributed by atoms with Crippen molar-refractivity contribution in [2.75, 3.05) is 19.9 Å². The van der Waals surface area contributed by atoms with Gasteiger partial charge in [0.25, 0.3) is 0 Å². The van der Waals surface area contributed by atoms with Gasteiger partial charge in [0.1, 0.15) is 28.5 Å². The largest absolute Gasteiger partial charge is 0.496 e. The maximum Gasteiger partial charge on any atom is 0.412 e. The molecule has 174 valence electrons. The zero-order valence-electron chi connectivity index (χ0n) is 17.8. The van der Waals surface area contributed by atoms with Gasteiger partial charge < -0.3 is 19.6 Å². The minimum absolute atomic E-state index is 0.0434. The second-order valence-electron chi connectivity index (χ2n) is 7.64. The van der Waals surface area contributed by atoms with Crippen LogP contribution in [0.5, 0.6) is 5.75 Å². The van der Waals surface area contributed by atoms with E-state index in [0.29, 0.717) is 36.3 Å². The molecule has 4 rings (SSSR count). The second kappa shape index (κ2) is 8.49. The van der Waals surface area contributed by atoms with E-state index in [1.807, 2.05) is 0 Å². The van der Waals surface area contributed by atoms with Crippen LogP contribution in [0.3, 0.4) is 0 Å². The molecule has 1 fully saturated rings. The highest BCUT2D eigenvalue weighted by atomic mass is 32.2. The van der Waals surface area contributed by atoms with Gasteiger partial charge in [0, 0.05) is 23.1 Å². The normalized spacial score (nSPS) is 16.8. The fourth-order valence-corrected chi connectivity index (χ4v) is 5.32. The average molecular weight is 476 g/mol. The summed E-state index contributed by atoms with van der Waals surface area (Å²) in [4.78, 5) is 24.0. The zero-order chi connectivity index (χ0) is 23.9. The number of carbonyl (C=O) groups excluding carboxylic acids is 2. The van der Waals surface area contributed by atoms with Crippen molar-refractivity contribution in [2.24, 2.45) is 5.73 Å². The van der Waals surface area contributed by atoms with E-state index in [4.69, 9.17) is 14.9 Å². The molecular formula is C22H21FN2O7S. The van der Waals surface area contributed by atoms with Crippen molar-refractivity contribution in [3.8, 4) is 17.1 Å². The lowest BCUT2D eigenvalue weighted by Gasteiger charge is -2.24. The molecule has 1 aliphatic rings. The summed E-state index contributed by atoms with van der Waals surface area (Å²) in [6, 6.07) is 7.87. The van der Waals surface area contributed by atoms with Crippen LogP contribution >= 0.6 is 0 Å². The number of primary amides is 1. The number of carbonyl (C=O) groups is 2. The topological polar surface area (TPSA) is 129 Å². The Morgan fingerprint density at radius 1 is 1.21 bits per heavy atom. The van der Waals surface area contributed by atoms with Gasteiger partial charge in [0.2, 0.25) is 10.0 Å². The first kappa shape index (κ1) is 22.7. The smallest absolute Gasteiger partial charge is 0.412 e. The van der Waals surface area contributed by atoms with E-state index in [-0.39, 0.29) is 22.3 Å². The van der Waals surface area contributed by atoms with Crippen molar-refractivity contribution >= 4 is 33.1 Å². The Hall–Kier alpha value is -3.44. The number of furan rings is 1. The van der Waals surface area contributed by atoms with Gasteiger partial charge in [-0.3, -0.25) is 0 Å². The van der Waals surface area contributed by atoms with Crippen LogP contribution in [-0.2, 0) is 14.8 Å². The van der Waals surface area contributed by atoms with Gasteiger partial charge in [0.15, 0.2) is 0 Å². The third-order valence-electron chi connectivity index (χ3n) is 5.53. The number of methoxy groups -OCH3 is 1. The van der Waals surface area contributed by atoms with Crippen molar-refractivity contribution in [1.29, 1.82) is 0 Å². The zero-order valence-corrected chi connectivity index (χ0v) is 18.6. The molecule has 33 heavy (non-hydrogen) atoms. The number of esters is 1. The van der Waals surface area contributed by atoms with E-state index in [1.54, 1.807) is 6.07 Å². The first-order chi connectivity index (χ1) is 15.6. The third kappa shape index (κ3) is 4.29. The van der Waals surface area contributed by atoms with E-state index >= 15 is 0 Å². The van der Waals surface area contributed by atoms with Crippen LogP contribution in [0.4, 0.5) is 9.18 Å². The highest BCUT2D eigenvalue weighted by Gasteiger charge is 2.35. The quantitative estimate of drug-likeness (QED) is 0.440. The highest BCUT2D eigenvalue weighted by Crippen LogP contribution is 2.43. The highest BCUT2D eigenvalue weighted by molar-refractivity contribution is 7.88. The average Bonchev–Trinajstić information content (AvgIpc) is 3.37. The molecule has 0 saturated carbocycles.